The van der Waals surface area contributed by atoms with Crippen molar-refractivity contribution in [3.8, 4) is 20.9 Å². The Morgan fingerprint density at radius 3 is 1.37 bits per heavy atom. The summed E-state index contributed by atoms with van der Waals surface area (Å²) in [6.45, 7) is 4.19. The highest BCUT2D eigenvalue weighted by Crippen LogP contribution is 2.37. The van der Waals surface area contributed by atoms with E-state index in [1.54, 1.807) is 22.7 Å². The van der Waals surface area contributed by atoms with Crippen molar-refractivity contribution < 1.29 is 0 Å². The third-order valence-electron chi connectivity index (χ3n) is 7.77. The summed E-state index contributed by atoms with van der Waals surface area (Å²) in [5, 5.41) is 6.77. The highest BCUT2D eigenvalue weighted by Gasteiger charge is 2.19. The van der Waals surface area contributed by atoms with Crippen molar-refractivity contribution in [1.82, 2.24) is 9.13 Å². The van der Waals surface area contributed by atoms with Gasteiger partial charge in [0, 0.05) is 56.5 Å². The van der Waals surface area contributed by atoms with Gasteiger partial charge in [0.15, 0.2) is 10.9 Å². The van der Waals surface area contributed by atoms with Gasteiger partial charge in [0.1, 0.15) is 0 Å². The van der Waals surface area contributed by atoms with E-state index >= 15 is 0 Å². The molecular formula is C32H24N2O2S2. The van der Waals surface area contributed by atoms with Crippen molar-refractivity contribution in [3.05, 3.63) is 103 Å². The average molecular weight is 533 g/mol. The lowest BCUT2D eigenvalue weighted by atomic mass is 10.00. The lowest BCUT2D eigenvalue weighted by molar-refractivity contribution is 0.995. The zero-order chi connectivity index (χ0) is 26.3. The van der Waals surface area contributed by atoms with Crippen LogP contribution in [0.4, 0.5) is 0 Å². The van der Waals surface area contributed by atoms with Crippen molar-refractivity contribution in [2.24, 2.45) is 14.1 Å². The Balaban J connectivity index is 1.65. The van der Waals surface area contributed by atoms with Crippen molar-refractivity contribution >= 4 is 66.3 Å². The molecule has 3 aromatic carbocycles. The van der Waals surface area contributed by atoms with E-state index < -0.39 is 0 Å². The van der Waals surface area contributed by atoms with Crippen molar-refractivity contribution in [2.45, 2.75) is 13.8 Å². The molecule has 0 saturated carbocycles. The third kappa shape index (κ3) is 3.08. The molecule has 0 spiro atoms. The summed E-state index contributed by atoms with van der Waals surface area (Å²) < 4.78 is 4.16. The molecule has 0 aliphatic rings. The molecule has 38 heavy (non-hydrogen) atoms. The Labute approximate surface area is 226 Å². The molecule has 0 N–H and O–H groups in total. The van der Waals surface area contributed by atoms with Crippen LogP contribution in [-0.4, -0.2) is 9.13 Å². The van der Waals surface area contributed by atoms with Crippen LogP contribution in [0, 0.1) is 13.8 Å². The van der Waals surface area contributed by atoms with Crippen LogP contribution in [0.5, 0.6) is 0 Å². The largest absolute Gasteiger partial charge is 0.343 e. The number of rotatable bonds is 2. The van der Waals surface area contributed by atoms with Crippen LogP contribution in [0.25, 0.3) is 64.5 Å². The summed E-state index contributed by atoms with van der Waals surface area (Å²) in [7, 11) is 3.98. The van der Waals surface area contributed by atoms with E-state index in [0.717, 1.165) is 42.9 Å². The molecule has 7 rings (SSSR count). The van der Waals surface area contributed by atoms with E-state index in [9.17, 15) is 9.59 Å². The summed E-state index contributed by atoms with van der Waals surface area (Å²) in [6, 6.07) is 19.9. The standard InChI is InChI=1S/C32H24N2O2S2/c1-17-11-13-37-31(17)21-9-5-7-19-27(21)33(3)25-15-24-26(16-23(25)29(19)35)34(4)28-20(30(24)36)8-6-10-22(28)32-18(2)12-14-38-32/h5-16H,1-4H3. The molecule has 4 heterocycles. The van der Waals surface area contributed by atoms with E-state index in [1.165, 1.54) is 11.1 Å². The van der Waals surface area contributed by atoms with Crippen LogP contribution in [0.15, 0.2) is 81.0 Å². The second kappa shape index (κ2) is 8.25. The molecule has 186 valence electrons. The summed E-state index contributed by atoms with van der Waals surface area (Å²) in [6.07, 6.45) is 0. The molecule has 0 fully saturated rings. The number of pyridine rings is 2. The Hall–Kier alpha value is -4.00. The Morgan fingerprint density at radius 2 is 1.00 bits per heavy atom. The van der Waals surface area contributed by atoms with Crippen LogP contribution >= 0.6 is 22.7 Å². The van der Waals surface area contributed by atoms with E-state index in [0.29, 0.717) is 21.5 Å². The van der Waals surface area contributed by atoms with Gasteiger partial charge in [0.25, 0.3) is 0 Å². The highest BCUT2D eigenvalue weighted by atomic mass is 32.1. The normalized spacial score (nSPS) is 11.9. The first kappa shape index (κ1) is 23.1. The lowest BCUT2D eigenvalue weighted by Gasteiger charge is -2.17. The average Bonchev–Trinajstić information content (AvgIpc) is 3.56. The zero-order valence-corrected chi connectivity index (χ0v) is 23.1. The molecular weight excluding hydrogens is 508 g/mol. The molecule has 0 amide bonds. The topological polar surface area (TPSA) is 44.0 Å². The van der Waals surface area contributed by atoms with Crippen molar-refractivity contribution in [1.29, 1.82) is 0 Å². The first-order chi connectivity index (χ1) is 18.4. The van der Waals surface area contributed by atoms with Crippen LogP contribution in [-0.2, 0) is 14.1 Å². The zero-order valence-electron chi connectivity index (χ0n) is 21.5. The van der Waals surface area contributed by atoms with E-state index in [4.69, 9.17) is 0 Å². The number of nitrogens with zero attached hydrogens (tertiary/aromatic N) is 2. The minimum absolute atomic E-state index is 0.0130. The predicted molar refractivity (Wildman–Crippen MR) is 163 cm³/mol. The number of benzene rings is 3. The smallest absolute Gasteiger partial charge is 0.197 e. The van der Waals surface area contributed by atoms with E-state index in [1.807, 2.05) is 50.5 Å². The highest BCUT2D eigenvalue weighted by molar-refractivity contribution is 7.14. The Morgan fingerprint density at radius 1 is 0.579 bits per heavy atom. The fourth-order valence-electron chi connectivity index (χ4n) is 5.87. The van der Waals surface area contributed by atoms with Crippen molar-refractivity contribution in [2.75, 3.05) is 0 Å². The van der Waals surface area contributed by atoms with Gasteiger partial charge in [0.05, 0.1) is 22.1 Å². The second-order valence-electron chi connectivity index (χ2n) is 9.93. The fraction of sp³-hybridized carbons (Fsp3) is 0.125. The summed E-state index contributed by atoms with van der Waals surface area (Å²) in [5.74, 6) is 0. The molecule has 0 aliphatic heterocycles. The number of aryl methyl sites for hydroxylation is 4. The fourth-order valence-corrected chi connectivity index (χ4v) is 7.77. The van der Waals surface area contributed by atoms with Crippen LogP contribution in [0.1, 0.15) is 11.1 Å². The predicted octanol–water partition coefficient (Wildman–Crippen LogP) is 7.77. The van der Waals surface area contributed by atoms with E-state index in [2.05, 4.69) is 58.0 Å². The van der Waals surface area contributed by atoms with Gasteiger partial charge in [-0.15, -0.1) is 22.7 Å². The van der Waals surface area contributed by atoms with Crippen LogP contribution < -0.4 is 10.9 Å². The molecule has 4 nitrogen and oxygen atoms in total. The maximum Gasteiger partial charge on any atom is 0.197 e. The molecule has 0 atom stereocenters. The monoisotopic (exact) mass is 532 g/mol. The van der Waals surface area contributed by atoms with Crippen molar-refractivity contribution in [3.63, 3.8) is 0 Å². The third-order valence-corrected chi connectivity index (χ3v) is 9.87. The number of hydrogen-bond acceptors (Lipinski definition) is 4. The van der Waals surface area contributed by atoms with Gasteiger partial charge in [-0.2, -0.15) is 0 Å². The van der Waals surface area contributed by atoms with Gasteiger partial charge in [0.2, 0.25) is 0 Å². The van der Waals surface area contributed by atoms with Gasteiger partial charge in [-0.25, -0.2) is 0 Å². The number of para-hydroxylation sites is 2. The van der Waals surface area contributed by atoms with Gasteiger partial charge in [-0.1, -0.05) is 24.3 Å². The second-order valence-corrected chi connectivity index (χ2v) is 11.8. The molecule has 0 unspecified atom stereocenters. The molecule has 0 saturated heterocycles. The minimum Gasteiger partial charge on any atom is -0.343 e. The molecule has 0 radical (unpaired) electrons. The number of fused-ring (bicyclic) bond motifs is 4. The number of hydrogen-bond donors (Lipinski definition) is 0. The van der Waals surface area contributed by atoms with Gasteiger partial charge < -0.3 is 9.13 Å². The van der Waals surface area contributed by atoms with Gasteiger partial charge >= 0.3 is 0 Å². The Kier molecular flexibility index (Phi) is 5.02. The van der Waals surface area contributed by atoms with Crippen LogP contribution in [0.3, 0.4) is 0 Å². The van der Waals surface area contributed by atoms with E-state index in [-0.39, 0.29) is 10.9 Å². The number of thiophene rings is 2. The lowest BCUT2D eigenvalue weighted by Crippen LogP contribution is -2.14. The quantitative estimate of drug-likeness (QED) is 0.214. The maximum absolute atomic E-state index is 14.0. The SMILES string of the molecule is Cc1ccsc1-c1cccc2c(=O)c3cc4c(cc3n(C)c12)c(=O)c1cccc(-c2sccc2C)c1n4C. The molecule has 0 bridgehead atoms. The maximum atomic E-state index is 14.0. The summed E-state index contributed by atoms with van der Waals surface area (Å²) in [4.78, 5) is 30.2. The Bertz CT molecular complexity index is 2070. The number of aromatic nitrogens is 2. The molecule has 0 aliphatic carbocycles. The van der Waals surface area contributed by atoms with Crippen LogP contribution in [0.2, 0.25) is 0 Å². The van der Waals surface area contributed by atoms with Gasteiger partial charge in [-0.3, -0.25) is 9.59 Å². The minimum atomic E-state index is -0.0130. The van der Waals surface area contributed by atoms with Gasteiger partial charge in [-0.05, 0) is 72.1 Å². The first-order valence-corrected chi connectivity index (χ1v) is 14.2. The molecule has 7 aromatic rings. The molecule has 6 heteroatoms. The first-order valence-electron chi connectivity index (χ1n) is 12.5. The summed E-state index contributed by atoms with van der Waals surface area (Å²) in [5.41, 5.74) is 7.74. The molecule has 4 aromatic heterocycles. The summed E-state index contributed by atoms with van der Waals surface area (Å²) >= 11 is 3.36.